The van der Waals surface area contributed by atoms with Gasteiger partial charge >= 0.3 is 0 Å². The third kappa shape index (κ3) is 2.70. The van der Waals surface area contributed by atoms with Crippen molar-refractivity contribution in [1.82, 2.24) is 0 Å². The average molecular weight is 465 g/mol. The van der Waals surface area contributed by atoms with Crippen LogP contribution in [0.25, 0.3) is 0 Å². The Morgan fingerprint density at radius 3 is 2.71 bits per heavy atom. The highest BCUT2D eigenvalue weighted by atomic mass is 127. The van der Waals surface area contributed by atoms with Gasteiger partial charge in [-0.25, -0.2) is 0 Å². The fraction of sp³-hybridized carbons (Fsp3) is 0.647. The van der Waals surface area contributed by atoms with Crippen LogP contribution >= 0.6 is 38.5 Å². The van der Waals surface area contributed by atoms with Gasteiger partial charge in [0.25, 0.3) is 0 Å². The molecule has 0 unspecified atom stereocenters. The highest BCUT2D eigenvalue weighted by Crippen LogP contribution is 2.57. The van der Waals surface area contributed by atoms with Crippen molar-refractivity contribution >= 4 is 38.5 Å². The van der Waals surface area contributed by atoms with Crippen LogP contribution in [0.15, 0.2) is 28.7 Å². The van der Waals surface area contributed by atoms with Crippen LogP contribution in [0.2, 0.25) is 0 Å². The van der Waals surface area contributed by atoms with Gasteiger partial charge in [-0.3, -0.25) is 0 Å². The normalized spacial score (nSPS) is 38.4. The van der Waals surface area contributed by atoms with E-state index in [-0.39, 0.29) is 17.3 Å². The molecule has 2 fully saturated rings. The first-order valence-corrected chi connectivity index (χ1v) is 9.60. The molecule has 0 spiro atoms. The van der Waals surface area contributed by atoms with Crippen LogP contribution in [0.4, 0.5) is 0 Å². The molecule has 1 aromatic carbocycles. The van der Waals surface area contributed by atoms with E-state index in [0.29, 0.717) is 16.4 Å². The quantitative estimate of drug-likeness (QED) is 0.455. The van der Waals surface area contributed by atoms with Crippen molar-refractivity contribution in [2.45, 2.75) is 61.5 Å². The second-order valence-corrected chi connectivity index (χ2v) is 9.15. The minimum absolute atomic E-state index is 0.00605. The maximum atomic E-state index is 6.51. The molecule has 3 rings (SSSR count). The number of benzene rings is 1. The predicted molar refractivity (Wildman–Crippen MR) is 96.8 cm³/mol. The lowest BCUT2D eigenvalue weighted by atomic mass is 9.75. The van der Waals surface area contributed by atoms with Gasteiger partial charge in [0.15, 0.2) is 0 Å². The number of alkyl halides is 1. The van der Waals surface area contributed by atoms with Gasteiger partial charge in [0.1, 0.15) is 0 Å². The molecule has 116 valence electrons. The maximum absolute atomic E-state index is 6.51. The first-order valence-electron chi connectivity index (χ1n) is 7.57. The molecule has 0 aliphatic carbocycles. The van der Waals surface area contributed by atoms with Crippen LogP contribution in [-0.4, -0.2) is 21.2 Å². The maximum Gasteiger partial charge on any atom is 0.0935 e. The van der Waals surface area contributed by atoms with E-state index in [0.717, 1.165) is 17.3 Å². The summed E-state index contributed by atoms with van der Waals surface area (Å²) in [6.07, 6.45) is 2.30. The first-order chi connectivity index (χ1) is 9.87. The smallest absolute Gasteiger partial charge is 0.0935 e. The predicted octanol–water partition coefficient (Wildman–Crippen LogP) is 5.12. The highest BCUT2D eigenvalue weighted by Gasteiger charge is 2.65. The van der Waals surface area contributed by atoms with E-state index in [1.165, 1.54) is 5.56 Å². The minimum atomic E-state index is -0.128. The van der Waals surface area contributed by atoms with E-state index in [9.17, 15) is 0 Å². The van der Waals surface area contributed by atoms with Crippen LogP contribution in [0.5, 0.6) is 0 Å². The summed E-state index contributed by atoms with van der Waals surface area (Å²) in [6, 6.07) is 8.26. The van der Waals surface area contributed by atoms with Crippen LogP contribution in [0.3, 0.4) is 0 Å². The van der Waals surface area contributed by atoms with Crippen LogP contribution in [0, 0.1) is 5.92 Å². The molecule has 0 amide bonds. The van der Waals surface area contributed by atoms with Crippen molar-refractivity contribution < 1.29 is 9.47 Å². The number of rotatable bonds is 4. The lowest BCUT2D eigenvalue weighted by molar-refractivity contribution is -0.0954. The van der Waals surface area contributed by atoms with Crippen LogP contribution in [0.1, 0.15) is 39.2 Å². The third-order valence-corrected chi connectivity index (χ3v) is 7.37. The topological polar surface area (TPSA) is 18.5 Å². The van der Waals surface area contributed by atoms with Crippen molar-refractivity contribution in [3.8, 4) is 0 Å². The zero-order valence-corrected chi connectivity index (χ0v) is 16.5. The summed E-state index contributed by atoms with van der Waals surface area (Å²) >= 11 is 6.16. The molecule has 2 nitrogen and oxygen atoms in total. The number of fused-ring (bicyclic) bond motifs is 2. The van der Waals surface area contributed by atoms with Gasteiger partial charge < -0.3 is 9.47 Å². The van der Waals surface area contributed by atoms with Crippen LogP contribution < -0.4 is 0 Å². The second kappa shape index (κ2) is 5.77. The fourth-order valence-electron chi connectivity index (χ4n) is 3.70. The monoisotopic (exact) mass is 464 g/mol. The van der Waals surface area contributed by atoms with Gasteiger partial charge in [-0.15, -0.1) is 0 Å². The molecule has 2 aliphatic heterocycles. The first kappa shape index (κ1) is 16.2. The summed E-state index contributed by atoms with van der Waals surface area (Å²) in [4.78, 5) is 0. The molecule has 1 aromatic rings. The molecule has 2 aliphatic rings. The Labute approximate surface area is 149 Å². The molecular formula is C17H22BrIO2. The van der Waals surface area contributed by atoms with Crippen molar-refractivity contribution in [2.24, 2.45) is 5.92 Å². The van der Waals surface area contributed by atoms with E-state index in [2.05, 4.69) is 77.5 Å². The summed E-state index contributed by atoms with van der Waals surface area (Å²) < 4.78 is 14.5. The van der Waals surface area contributed by atoms with E-state index in [1.807, 2.05) is 6.07 Å². The summed E-state index contributed by atoms with van der Waals surface area (Å²) in [5, 5.41) is 0. The van der Waals surface area contributed by atoms with E-state index in [4.69, 9.17) is 9.47 Å². The Hall–Kier alpha value is 0.350. The largest absolute Gasteiger partial charge is 0.370 e. The number of hydrogen-bond acceptors (Lipinski definition) is 2. The Balaban J connectivity index is 1.73. The Bertz CT molecular complexity index is 535. The molecule has 0 N–H and O–H groups in total. The highest BCUT2D eigenvalue weighted by molar-refractivity contribution is 14.1. The zero-order valence-electron chi connectivity index (χ0n) is 12.7. The van der Waals surface area contributed by atoms with Crippen molar-refractivity contribution in [1.29, 1.82) is 0 Å². The number of halogens is 2. The van der Waals surface area contributed by atoms with Gasteiger partial charge in [-0.1, -0.05) is 70.6 Å². The molecule has 0 aromatic heterocycles. The molecular weight excluding hydrogens is 443 g/mol. The van der Waals surface area contributed by atoms with Gasteiger partial charge in [0.2, 0.25) is 0 Å². The molecule has 2 heterocycles. The van der Waals surface area contributed by atoms with Gasteiger partial charge in [-0.2, -0.15) is 0 Å². The molecule has 2 saturated heterocycles. The third-order valence-electron chi connectivity index (χ3n) is 5.10. The van der Waals surface area contributed by atoms with E-state index < -0.39 is 0 Å². The summed E-state index contributed by atoms with van der Waals surface area (Å²) in [5.74, 6) is 0.526. The molecule has 4 atom stereocenters. The Kier molecular flexibility index (Phi) is 4.45. The summed E-state index contributed by atoms with van der Waals surface area (Å²) in [6.45, 7) is 7.41. The molecule has 4 heteroatoms. The van der Waals surface area contributed by atoms with Gasteiger partial charge in [0.05, 0.1) is 23.9 Å². The van der Waals surface area contributed by atoms with Crippen molar-refractivity contribution in [3.63, 3.8) is 0 Å². The minimum Gasteiger partial charge on any atom is -0.370 e. The number of hydrogen-bond donors (Lipinski definition) is 0. The Morgan fingerprint density at radius 2 is 2.10 bits per heavy atom. The van der Waals surface area contributed by atoms with Crippen LogP contribution in [-0.2, 0) is 16.1 Å². The molecule has 21 heavy (non-hydrogen) atoms. The standard InChI is InChI=1S/C17H22BrIO2/c1-11(2)17-9-15(16(3,21-17)8-14(17)19)20-10-12-6-4-5-7-13(12)18/h4-7,11,14-15H,8-10H2,1-3H3/t14-,15+,16-,17+/m0/s1. The van der Waals surface area contributed by atoms with E-state index >= 15 is 0 Å². The lowest BCUT2D eigenvalue weighted by Crippen LogP contribution is -2.44. The zero-order chi connectivity index (χ0) is 15.3. The summed E-state index contributed by atoms with van der Waals surface area (Å²) in [5.41, 5.74) is 1.07. The van der Waals surface area contributed by atoms with Crippen molar-refractivity contribution in [2.75, 3.05) is 0 Å². The molecule has 0 saturated carbocycles. The SMILES string of the molecule is CC(C)[C@]12C[C@@H](OCc3ccccc3Br)[C@](C)(C[C@@H]1I)O2. The average Bonchev–Trinajstić information content (AvgIpc) is 2.86. The van der Waals surface area contributed by atoms with Crippen molar-refractivity contribution in [3.05, 3.63) is 34.3 Å². The second-order valence-electron chi connectivity index (χ2n) is 6.79. The Morgan fingerprint density at radius 1 is 1.38 bits per heavy atom. The molecule has 0 radical (unpaired) electrons. The fourth-order valence-corrected chi connectivity index (χ4v) is 6.07. The van der Waals surface area contributed by atoms with Gasteiger partial charge in [-0.05, 0) is 30.9 Å². The number of ether oxygens (including phenoxy) is 2. The van der Waals surface area contributed by atoms with Gasteiger partial charge in [0, 0.05) is 14.8 Å². The lowest BCUT2D eigenvalue weighted by Gasteiger charge is -2.35. The summed E-state index contributed by atoms with van der Waals surface area (Å²) in [7, 11) is 0. The molecule has 2 bridgehead atoms. The van der Waals surface area contributed by atoms with E-state index in [1.54, 1.807) is 0 Å².